The van der Waals surface area contributed by atoms with E-state index in [1.807, 2.05) is 61.6 Å². The Bertz CT molecular complexity index is 774. The van der Waals surface area contributed by atoms with Crippen molar-refractivity contribution in [3.63, 3.8) is 0 Å². The van der Waals surface area contributed by atoms with E-state index < -0.39 is 0 Å². The predicted molar refractivity (Wildman–Crippen MR) is 106 cm³/mol. The normalized spacial score (nSPS) is 17.9. The lowest BCUT2D eigenvalue weighted by Gasteiger charge is -2.16. The van der Waals surface area contributed by atoms with Crippen LogP contribution in [0.1, 0.15) is 26.2 Å². The van der Waals surface area contributed by atoms with Crippen LogP contribution in [0.4, 0.5) is 5.69 Å². The van der Waals surface area contributed by atoms with Gasteiger partial charge >= 0.3 is 0 Å². The molecule has 1 saturated carbocycles. The molecule has 1 N–H and O–H groups in total. The third-order valence-corrected chi connectivity index (χ3v) is 4.77. The highest BCUT2D eigenvalue weighted by atomic mass is 16.5. The van der Waals surface area contributed by atoms with Gasteiger partial charge in [-0.05, 0) is 49.2 Å². The Morgan fingerprint density at radius 1 is 1.04 bits per heavy atom. The van der Waals surface area contributed by atoms with Crippen LogP contribution in [0.15, 0.2) is 54.6 Å². The first-order chi connectivity index (χ1) is 13.1. The zero-order valence-electron chi connectivity index (χ0n) is 15.9. The van der Waals surface area contributed by atoms with Crippen molar-refractivity contribution in [1.82, 2.24) is 4.90 Å². The van der Waals surface area contributed by atoms with Gasteiger partial charge in [-0.15, -0.1) is 0 Å². The molecule has 5 heteroatoms. The lowest BCUT2D eigenvalue weighted by atomic mass is 10.2. The summed E-state index contributed by atoms with van der Waals surface area (Å²) in [4.78, 5) is 26.5. The highest BCUT2D eigenvalue weighted by Gasteiger charge is 2.48. The molecule has 0 aliphatic heterocycles. The number of hydrogen-bond acceptors (Lipinski definition) is 3. The quantitative estimate of drug-likeness (QED) is 0.757. The molecule has 0 heterocycles. The fourth-order valence-corrected chi connectivity index (χ4v) is 3.01. The number of para-hydroxylation sites is 1. The molecular formula is C22H26N2O3. The van der Waals surface area contributed by atoms with Gasteiger partial charge in [0.15, 0.2) is 0 Å². The molecule has 2 aromatic rings. The molecule has 2 unspecified atom stereocenters. The van der Waals surface area contributed by atoms with Crippen LogP contribution in [0.2, 0.25) is 0 Å². The second-order valence-corrected chi connectivity index (χ2v) is 6.99. The maximum absolute atomic E-state index is 12.4. The average Bonchev–Trinajstić information content (AvgIpc) is 3.49. The molecule has 5 nitrogen and oxygen atoms in total. The van der Waals surface area contributed by atoms with Gasteiger partial charge in [0.2, 0.25) is 11.8 Å². The van der Waals surface area contributed by atoms with Gasteiger partial charge in [-0.1, -0.05) is 31.5 Å². The van der Waals surface area contributed by atoms with Crippen molar-refractivity contribution in [2.45, 2.75) is 26.2 Å². The van der Waals surface area contributed by atoms with Gasteiger partial charge in [0.05, 0.1) is 11.8 Å². The smallest absolute Gasteiger partial charge is 0.228 e. The van der Waals surface area contributed by atoms with E-state index in [1.54, 1.807) is 4.90 Å². The van der Waals surface area contributed by atoms with Gasteiger partial charge < -0.3 is 15.0 Å². The lowest BCUT2D eigenvalue weighted by Crippen LogP contribution is -2.30. The number of carbonyl (C=O) groups excluding carboxylic acids is 2. The van der Waals surface area contributed by atoms with E-state index in [2.05, 4.69) is 12.2 Å². The minimum Gasteiger partial charge on any atom is -0.457 e. The van der Waals surface area contributed by atoms with Crippen molar-refractivity contribution < 1.29 is 14.3 Å². The van der Waals surface area contributed by atoms with Crippen molar-refractivity contribution in [3.05, 3.63) is 54.6 Å². The summed E-state index contributed by atoms with van der Waals surface area (Å²) in [5.41, 5.74) is 0.706. The summed E-state index contributed by atoms with van der Waals surface area (Å²) in [6.45, 7) is 2.85. The maximum Gasteiger partial charge on any atom is 0.228 e. The third-order valence-electron chi connectivity index (χ3n) is 4.77. The molecule has 2 amide bonds. The van der Waals surface area contributed by atoms with E-state index in [0.29, 0.717) is 17.9 Å². The summed E-state index contributed by atoms with van der Waals surface area (Å²) in [6.07, 6.45) is 2.68. The molecule has 3 rings (SSSR count). The number of nitrogens with zero attached hydrogens (tertiary/aromatic N) is 1. The largest absolute Gasteiger partial charge is 0.457 e. The van der Waals surface area contributed by atoms with Crippen LogP contribution in [-0.4, -0.2) is 30.3 Å². The Morgan fingerprint density at radius 3 is 2.37 bits per heavy atom. The summed E-state index contributed by atoms with van der Waals surface area (Å²) >= 11 is 0. The Kier molecular flexibility index (Phi) is 6.12. The molecule has 0 aromatic heterocycles. The zero-order valence-corrected chi connectivity index (χ0v) is 15.9. The number of benzene rings is 2. The molecule has 1 aliphatic carbocycles. The van der Waals surface area contributed by atoms with Crippen molar-refractivity contribution in [1.29, 1.82) is 0 Å². The second kappa shape index (κ2) is 8.71. The standard InChI is InChI=1S/C22H26N2O3/c1-3-4-14-24(2)22(26)20-15-19(20)21(25)23-16-10-12-18(13-11-16)27-17-8-6-5-7-9-17/h5-13,19-20H,3-4,14-15H2,1-2H3,(H,23,25). The molecule has 0 radical (unpaired) electrons. The van der Waals surface area contributed by atoms with E-state index in [-0.39, 0.29) is 23.7 Å². The summed E-state index contributed by atoms with van der Waals surface area (Å²) in [5.74, 6) is 1.07. The maximum atomic E-state index is 12.4. The molecule has 0 spiro atoms. The zero-order chi connectivity index (χ0) is 19.2. The fraction of sp³-hybridized carbons (Fsp3) is 0.364. The van der Waals surface area contributed by atoms with Gasteiger partial charge in [0, 0.05) is 19.3 Å². The molecule has 1 fully saturated rings. The molecule has 0 saturated heterocycles. The van der Waals surface area contributed by atoms with Crippen LogP contribution in [0.3, 0.4) is 0 Å². The van der Waals surface area contributed by atoms with E-state index in [4.69, 9.17) is 4.74 Å². The molecule has 2 aromatic carbocycles. The van der Waals surface area contributed by atoms with Gasteiger partial charge in [0.1, 0.15) is 11.5 Å². The van der Waals surface area contributed by atoms with Gasteiger partial charge in [-0.25, -0.2) is 0 Å². The molecule has 1 aliphatic rings. The first-order valence-corrected chi connectivity index (χ1v) is 9.47. The van der Waals surface area contributed by atoms with E-state index in [9.17, 15) is 9.59 Å². The van der Waals surface area contributed by atoms with E-state index in [1.165, 1.54) is 0 Å². The Balaban J connectivity index is 1.49. The summed E-state index contributed by atoms with van der Waals surface area (Å²) in [6, 6.07) is 16.8. The van der Waals surface area contributed by atoms with Crippen LogP contribution >= 0.6 is 0 Å². The van der Waals surface area contributed by atoms with Gasteiger partial charge in [-0.2, -0.15) is 0 Å². The predicted octanol–water partition coefficient (Wildman–Crippen LogP) is 4.31. The van der Waals surface area contributed by atoms with Crippen molar-refractivity contribution in [3.8, 4) is 11.5 Å². The minimum absolute atomic E-state index is 0.0789. The number of rotatable bonds is 8. The van der Waals surface area contributed by atoms with Gasteiger partial charge in [0.25, 0.3) is 0 Å². The molecule has 2 atom stereocenters. The first kappa shape index (κ1) is 19.0. The van der Waals surface area contributed by atoms with Crippen molar-refractivity contribution >= 4 is 17.5 Å². The van der Waals surface area contributed by atoms with Crippen LogP contribution in [-0.2, 0) is 9.59 Å². The number of anilines is 1. The van der Waals surface area contributed by atoms with Crippen LogP contribution < -0.4 is 10.1 Å². The number of ether oxygens (including phenoxy) is 1. The number of carbonyl (C=O) groups is 2. The van der Waals surface area contributed by atoms with Crippen LogP contribution in [0, 0.1) is 11.8 Å². The summed E-state index contributed by atoms with van der Waals surface area (Å²) in [7, 11) is 1.82. The topological polar surface area (TPSA) is 58.6 Å². The van der Waals surface area contributed by atoms with E-state index >= 15 is 0 Å². The lowest BCUT2D eigenvalue weighted by molar-refractivity contribution is -0.132. The molecule has 0 bridgehead atoms. The molecule has 142 valence electrons. The third kappa shape index (κ3) is 5.09. The Labute approximate surface area is 160 Å². The number of amides is 2. The molecule has 27 heavy (non-hydrogen) atoms. The fourth-order valence-electron chi connectivity index (χ4n) is 3.01. The number of hydrogen-bond donors (Lipinski definition) is 1. The second-order valence-electron chi connectivity index (χ2n) is 6.99. The Morgan fingerprint density at radius 2 is 1.70 bits per heavy atom. The summed E-state index contributed by atoms with van der Waals surface area (Å²) < 4.78 is 5.74. The average molecular weight is 366 g/mol. The van der Waals surface area contributed by atoms with Gasteiger partial charge in [-0.3, -0.25) is 9.59 Å². The van der Waals surface area contributed by atoms with Crippen LogP contribution in [0.5, 0.6) is 11.5 Å². The SMILES string of the molecule is CCCCN(C)C(=O)C1CC1C(=O)Nc1ccc(Oc2ccccc2)cc1. The summed E-state index contributed by atoms with van der Waals surface area (Å²) in [5, 5.41) is 2.90. The minimum atomic E-state index is -0.221. The monoisotopic (exact) mass is 366 g/mol. The molecular weight excluding hydrogens is 340 g/mol. The highest BCUT2D eigenvalue weighted by molar-refractivity contribution is 5.99. The Hall–Kier alpha value is -2.82. The van der Waals surface area contributed by atoms with Crippen molar-refractivity contribution in [2.75, 3.05) is 18.9 Å². The van der Waals surface area contributed by atoms with Crippen molar-refractivity contribution in [2.24, 2.45) is 11.8 Å². The first-order valence-electron chi connectivity index (χ1n) is 9.47. The highest BCUT2D eigenvalue weighted by Crippen LogP contribution is 2.40. The van der Waals surface area contributed by atoms with E-state index in [0.717, 1.165) is 25.1 Å². The van der Waals surface area contributed by atoms with Crippen LogP contribution in [0.25, 0.3) is 0 Å². The number of unbranched alkanes of at least 4 members (excludes halogenated alkanes) is 1. The number of nitrogens with one attached hydrogen (secondary N) is 1.